The maximum Gasteiger partial charge on any atom is 0.227 e. The van der Waals surface area contributed by atoms with Crippen LogP contribution in [0.1, 0.15) is 13.8 Å². The van der Waals surface area contributed by atoms with Gasteiger partial charge in [-0.15, -0.1) is 0 Å². The maximum atomic E-state index is 11.7. The molecule has 0 radical (unpaired) electrons. The summed E-state index contributed by atoms with van der Waals surface area (Å²) in [7, 11) is 0. The van der Waals surface area contributed by atoms with E-state index in [9.17, 15) is 4.79 Å². The smallest absolute Gasteiger partial charge is 0.227 e. The van der Waals surface area contributed by atoms with Gasteiger partial charge < -0.3 is 9.73 Å². The van der Waals surface area contributed by atoms with Crippen LogP contribution in [-0.4, -0.2) is 10.9 Å². The molecule has 0 aliphatic rings. The first-order valence-corrected chi connectivity index (χ1v) is 7.86. The number of benzene rings is 2. The summed E-state index contributed by atoms with van der Waals surface area (Å²) in [5, 5.41) is 3.77. The van der Waals surface area contributed by atoms with Crippen LogP contribution in [0.2, 0.25) is 10.0 Å². The summed E-state index contributed by atoms with van der Waals surface area (Å²) in [6, 6.07) is 10.6. The lowest BCUT2D eigenvalue weighted by Gasteiger charge is -2.07. The van der Waals surface area contributed by atoms with E-state index in [4.69, 9.17) is 27.6 Å². The molecule has 0 unspecified atom stereocenters. The third-order valence-corrected chi connectivity index (χ3v) is 3.83. The lowest BCUT2D eigenvalue weighted by Crippen LogP contribution is -2.17. The number of hydrogen-bond donors (Lipinski definition) is 1. The highest BCUT2D eigenvalue weighted by Crippen LogP contribution is 2.32. The number of nitrogens with zero attached hydrogens (tertiary/aromatic N) is 1. The summed E-state index contributed by atoms with van der Waals surface area (Å²) >= 11 is 12.1. The van der Waals surface area contributed by atoms with Gasteiger partial charge in [-0.25, -0.2) is 4.98 Å². The maximum absolute atomic E-state index is 11.7. The van der Waals surface area contributed by atoms with E-state index in [1.165, 1.54) is 0 Å². The molecule has 0 spiro atoms. The molecule has 1 aromatic heterocycles. The third kappa shape index (κ3) is 3.33. The molecule has 2 aromatic carbocycles. The van der Waals surface area contributed by atoms with Crippen molar-refractivity contribution in [3.8, 4) is 11.5 Å². The van der Waals surface area contributed by atoms with Gasteiger partial charge in [-0.1, -0.05) is 37.0 Å². The molecule has 23 heavy (non-hydrogen) atoms. The molecule has 0 aliphatic carbocycles. The Hall–Kier alpha value is -2.04. The van der Waals surface area contributed by atoms with Crippen LogP contribution in [0.3, 0.4) is 0 Å². The van der Waals surface area contributed by atoms with E-state index in [0.29, 0.717) is 27.0 Å². The summed E-state index contributed by atoms with van der Waals surface area (Å²) in [6.45, 7) is 3.69. The number of fused-ring (bicyclic) bond motifs is 1. The van der Waals surface area contributed by atoms with Crippen molar-refractivity contribution in [1.82, 2.24) is 4.98 Å². The van der Waals surface area contributed by atoms with Gasteiger partial charge in [-0.05, 0) is 36.4 Å². The number of carbonyl (C=O) groups is 1. The Balaban J connectivity index is 1.90. The van der Waals surface area contributed by atoms with Crippen LogP contribution >= 0.6 is 23.2 Å². The van der Waals surface area contributed by atoms with Crippen molar-refractivity contribution in [2.45, 2.75) is 13.8 Å². The number of carbonyl (C=O) groups excluding carboxylic acids is 1. The van der Waals surface area contributed by atoms with Crippen molar-refractivity contribution in [1.29, 1.82) is 0 Å². The quantitative estimate of drug-likeness (QED) is 0.689. The normalized spacial score (nSPS) is 11.2. The number of aromatic nitrogens is 1. The van der Waals surface area contributed by atoms with Crippen molar-refractivity contribution in [3.63, 3.8) is 0 Å². The zero-order valence-electron chi connectivity index (χ0n) is 12.6. The van der Waals surface area contributed by atoms with Gasteiger partial charge in [-0.2, -0.15) is 0 Å². The number of oxazole rings is 1. The fraction of sp³-hybridized carbons (Fsp3) is 0.176. The van der Waals surface area contributed by atoms with Gasteiger partial charge >= 0.3 is 0 Å². The fourth-order valence-electron chi connectivity index (χ4n) is 2.07. The Kier molecular flexibility index (Phi) is 4.28. The molecular weight excluding hydrogens is 335 g/mol. The van der Waals surface area contributed by atoms with Gasteiger partial charge in [0.1, 0.15) is 5.52 Å². The van der Waals surface area contributed by atoms with Crippen molar-refractivity contribution in [2.75, 3.05) is 5.32 Å². The summed E-state index contributed by atoms with van der Waals surface area (Å²) in [5.41, 5.74) is 2.62. The molecule has 0 fully saturated rings. The zero-order valence-corrected chi connectivity index (χ0v) is 14.1. The van der Waals surface area contributed by atoms with Gasteiger partial charge in [0, 0.05) is 22.2 Å². The summed E-state index contributed by atoms with van der Waals surface area (Å²) in [5.74, 6) is 0.352. The van der Waals surface area contributed by atoms with Crippen LogP contribution < -0.4 is 5.32 Å². The van der Waals surface area contributed by atoms with E-state index in [2.05, 4.69) is 10.3 Å². The van der Waals surface area contributed by atoms with E-state index in [1.54, 1.807) is 24.3 Å². The second-order valence-electron chi connectivity index (χ2n) is 5.48. The highest BCUT2D eigenvalue weighted by molar-refractivity contribution is 6.38. The fourth-order valence-corrected chi connectivity index (χ4v) is 2.59. The van der Waals surface area contributed by atoms with Crippen LogP contribution in [-0.2, 0) is 4.79 Å². The molecule has 1 amide bonds. The first kappa shape index (κ1) is 15.8. The molecule has 1 N–H and O–H groups in total. The van der Waals surface area contributed by atoms with Crippen LogP contribution in [0.15, 0.2) is 40.8 Å². The van der Waals surface area contributed by atoms with Gasteiger partial charge in [0.2, 0.25) is 11.8 Å². The molecule has 0 saturated heterocycles. The van der Waals surface area contributed by atoms with Crippen molar-refractivity contribution >= 4 is 45.9 Å². The molecular formula is C17H14Cl2N2O2. The van der Waals surface area contributed by atoms with Crippen LogP contribution in [0.25, 0.3) is 22.6 Å². The average molecular weight is 349 g/mol. The summed E-state index contributed by atoms with van der Waals surface area (Å²) in [6.07, 6.45) is 0. The average Bonchev–Trinajstić information content (AvgIpc) is 2.92. The topological polar surface area (TPSA) is 55.1 Å². The van der Waals surface area contributed by atoms with Crippen molar-refractivity contribution in [2.24, 2.45) is 5.92 Å². The third-order valence-electron chi connectivity index (χ3n) is 3.33. The zero-order chi connectivity index (χ0) is 16.6. The lowest BCUT2D eigenvalue weighted by molar-refractivity contribution is -0.118. The Labute approximate surface area is 143 Å². The molecule has 1 heterocycles. The van der Waals surface area contributed by atoms with Crippen molar-refractivity contribution < 1.29 is 9.21 Å². The number of amides is 1. The number of rotatable bonds is 3. The molecule has 118 valence electrons. The van der Waals surface area contributed by atoms with E-state index >= 15 is 0 Å². The van der Waals surface area contributed by atoms with E-state index in [1.807, 2.05) is 26.0 Å². The van der Waals surface area contributed by atoms with Crippen LogP contribution in [0.5, 0.6) is 0 Å². The number of anilines is 1. The Morgan fingerprint density at radius 1 is 1.17 bits per heavy atom. The second kappa shape index (κ2) is 6.22. The summed E-state index contributed by atoms with van der Waals surface area (Å²) in [4.78, 5) is 16.1. The van der Waals surface area contributed by atoms with Gasteiger partial charge in [-0.3, -0.25) is 4.79 Å². The molecule has 3 aromatic rings. The van der Waals surface area contributed by atoms with Crippen LogP contribution in [0, 0.1) is 5.92 Å². The Bertz CT molecular complexity index is 870. The standard InChI is InChI=1S/C17H14Cl2N2O2/c1-9(2)16(22)20-12-5-3-10(4-6-12)17-21-14-8-11(18)7-13(19)15(14)23-17/h3-9H,1-2H3,(H,20,22). The molecule has 0 atom stereocenters. The molecule has 4 nitrogen and oxygen atoms in total. The Morgan fingerprint density at radius 2 is 1.87 bits per heavy atom. The monoisotopic (exact) mass is 348 g/mol. The van der Waals surface area contributed by atoms with Crippen molar-refractivity contribution in [3.05, 3.63) is 46.4 Å². The molecule has 6 heteroatoms. The first-order valence-electron chi connectivity index (χ1n) is 7.11. The largest absolute Gasteiger partial charge is 0.435 e. The minimum absolute atomic E-state index is 0.0268. The van der Waals surface area contributed by atoms with E-state index in [0.717, 1.165) is 11.3 Å². The molecule has 0 aliphatic heterocycles. The Morgan fingerprint density at radius 3 is 2.52 bits per heavy atom. The minimum Gasteiger partial charge on any atom is -0.435 e. The van der Waals surface area contributed by atoms with E-state index < -0.39 is 0 Å². The van der Waals surface area contributed by atoms with E-state index in [-0.39, 0.29) is 11.8 Å². The minimum atomic E-state index is -0.0707. The van der Waals surface area contributed by atoms with Gasteiger partial charge in [0.15, 0.2) is 5.58 Å². The molecule has 0 saturated carbocycles. The van der Waals surface area contributed by atoms with Gasteiger partial charge in [0.05, 0.1) is 5.02 Å². The predicted octanol–water partition coefficient (Wildman–Crippen LogP) is 5.40. The highest BCUT2D eigenvalue weighted by Gasteiger charge is 2.13. The lowest BCUT2D eigenvalue weighted by atomic mass is 10.1. The first-order chi connectivity index (χ1) is 10.9. The molecule has 3 rings (SSSR count). The van der Waals surface area contributed by atoms with Gasteiger partial charge in [0.25, 0.3) is 0 Å². The number of nitrogens with one attached hydrogen (secondary N) is 1. The number of halogens is 2. The second-order valence-corrected chi connectivity index (χ2v) is 6.32. The predicted molar refractivity (Wildman–Crippen MR) is 92.9 cm³/mol. The molecule has 0 bridgehead atoms. The highest BCUT2D eigenvalue weighted by atomic mass is 35.5. The SMILES string of the molecule is CC(C)C(=O)Nc1ccc(-c2nc3cc(Cl)cc(Cl)c3o2)cc1. The number of hydrogen-bond acceptors (Lipinski definition) is 3. The van der Waals surface area contributed by atoms with Crippen LogP contribution in [0.4, 0.5) is 5.69 Å². The summed E-state index contributed by atoms with van der Waals surface area (Å²) < 4.78 is 5.71.